The Labute approximate surface area is 192 Å². The third-order valence-electron chi connectivity index (χ3n) is 4.06. The smallest absolute Gasteiger partial charge is 0.338 e. The Morgan fingerprint density at radius 2 is 1.09 bits per heavy atom. The second-order valence-electron chi connectivity index (χ2n) is 6.33. The molecule has 0 spiro atoms. The van der Waals surface area contributed by atoms with Crippen molar-refractivity contribution in [2.75, 3.05) is 42.0 Å². The number of benzene rings is 2. The van der Waals surface area contributed by atoms with Crippen molar-refractivity contribution in [1.82, 2.24) is 0 Å². The van der Waals surface area contributed by atoms with Crippen LogP contribution < -0.4 is 18.9 Å². The van der Waals surface area contributed by atoms with Gasteiger partial charge in [0.25, 0.3) is 0 Å². The normalized spacial score (nSPS) is 10.9. The third-order valence-corrected chi connectivity index (χ3v) is 4.06. The van der Waals surface area contributed by atoms with Crippen LogP contribution in [0.2, 0.25) is 0 Å². The van der Waals surface area contributed by atoms with Gasteiger partial charge in [-0.1, -0.05) is 12.1 Å². The minimum Gasteiger partial charge on any atom is -0.493 e. The summed E-state index contributed by atoms with van der Waals surface area (Å²) in [5.41, 5.74) is 1.28. The predicted molar refractivity (Wildman–Crippen MR) is 120 cm³/mol. The molecule has 0 fully saturated rings. The average molecular weight is 458 g/mol. The number of rotatable bonds is 12. The molecule has 0 aromatic heterocycles. The molecule has 2 aromatic rings. The van der Waals surface area contributed by atoms with E-state index in [1.165, 1.54) is 40.6 Å². The Morgan fingerprint density at radius 3 is 1.45 bits per heavy atom. The number of hydrogen-bond donors (Lipinski definition) is 0. The summed E-state index contributed by atoms with van der Waals surface area (Å²) in [6, 6.07) is 10.1. The average Bonchev–Trinajstić information content (AvgIpc) is 2.83. The molecule has 2 aromatic carbocycles. The summed E-state index contributed by atoms with van der Waals surface area (Å²) in [7, 11) is 6.03. The Kier molecular flexibility index (Phi) is 10.5. The molecular formula is C24H26O9. The first-order chi connectivity index (χ1) is 16.0. The maximum absolute atomic E-state index is 12.0. The van der Waals surface area contributed by atoms with E-state index in [4.69, 9.17) is 33.2 Å². The largest absolute Gasteiger partial charge is 0.493 e. The van der Waals surface area contributed by atoms with Crippen LogP contribution in [0.1, 0.15) is 11.1 Å². The van der Waals surface area contributed by atoms with Crippen molar-refractivity contribution in [3.8, 4) is 23.0 Å². The minimum atomic E-state index is -0.821. The third kappa shape index (κ3) is 8.32. The summed E-state index contributed by atoms with van der Waals surface area (Å²) in [4.78, 5) is 24.0. The number of esters is 2. The number of hydrogen-bond acceptors (Lipinski definition) is 9. The molecule has 0 bridgehead atoms. The first-order valence-corrected chi connectivity index (χ1v) is 9.72. The molecule has 0 amide bonds. The lowest BCUT2D eigenvalue weighted by Gasteiger charge is -2.10. The van der Waals surface area contributed by atoms with Gasteiger partial charge in [0.2, 0.25) is 0 Å². The fourth-order valence-electron chi connectivity index (χ4n) is 2.56. The number of carbonyl (C=O) groups is 2. The van der Waals surface area contributed by atoms with Crippen LogP contribution in [0.5, 0.6) is 23.0 Å². The first kappa shape index (κ1) is 25.4. The van der Waals surface area contributed by atoms with Gasteiger partial charge < -0.3 is 33.2 Å². The summed E-state index contributed by atoms with van der Waals surface area (Å²) in [5, 5.41) is 0. The lowest BCUT2D eigenvalue weighted by Crippen LogP contribution is -2.07. The van der Waals surface area contributed by atoms with Gasteiger partial charge in [-0.05, 0) is 47.5 Å². The molecule has 0 saturated carbocycles. The van der Waals surface area contributed by atoms with E-state index in [-0.39, 0.29) is 13.6 Å². The number of ether oxygens (including phenoxy) is 7. The van der Waals surface area contributed by atoms with E-state index in [2.05, 4.69) is 0 Å². The quantitative estimate of drug-likeness (QED) is 0.205. The molecule has 33 heavy (non-hydrogen) atoms. The SMILES string of the molecule is COCOc1cc(/C=C/C(=O)OC(=O)/C=C/c2ccc(OC)c(OCOC)c2)ccc1OC. The van der Waals surface area contributed by atoms with Crippen LogP contribution in [0.3, 0.4) is 0 Å². The van der Waals surface area contributed by atoms with Crippen LogP contribution in [0.25, 0.3) is 12.2 Å². The zero-order chi connectivity index (χ0) is 24.1. The molecule has 0 aliphatic rings. The van der Waals surface area contributed by atoms with Crippen molar-refractivity contribution < 1.29 is 42.7 Å². The molecule has 0 aliphatic heterocycles. The maximum Gasteiger partial charge on any atom is 0.338 e. The lowest BCUT2D eigenvalue weighted by atomic mass is 10.2. The van der Waals surface area contributed by atoms with Crippen molar-refractivity contribution in [2.24, 2.45) is 0 Å². The standard InChI is InChI=1S/C24H26O9/c1-27-15-31-21-13-17(5-9-19(21)29-3)7-11-23(25)33-24(26)12-8-18-6-10-20(30-4)22(14-18)32-16-28-2/h5-14H,15-16H2,1-4H3/b11-7+,12-8+. The van der Waals surface area contributed by atoms with Gasteiger partial charge in [0.05, 0.1) is 14.2 Å². The fraction of sp³-hybridized carbons (Fsp3) is 0.250. The molecular weight excluding hydrogens is 432 g/mol. The van der Waals surface area contributed by atoms with Crippen molar-refractivity contribution in [1.29, 1.82) is 0 Å². The fourth-order valence-corrected chi connectivity index (χ4v) is 2.56. The second kappa shape index (κ2) is 13.6. The highest BCUT2D eigenvalue weighted by atomic mass is 16.7. The summed E-state index contributed by atoms with van der Waals surface area (Å²) >= 11 is 0. The van der Waals surface area contributed by atoms with E-state index >= 15 is 0 Å². The topological polar surface area (TPSA) is 98.8 Å². The van der Waals surface area contributed by atoms with Crippen molar-refractivity contribution in [3.63, 3.8) is 0 Å². The van der Waals surface area contributed by atoms with Crippen molar-refractivity contribution in [2.45, 2.75) is 0 Å². The summed E-state index contributed by atoms with van der Waals surface area (Å²) in [6.45, 7) is 0.0845. The van der Waals surface area contributed by atoms with E-state index in [1.807, 2.05) is 0 Å². The van der Waals surface area contributed by atoms with E-state index in [9.17, 15) is 9.59 Å². The molecule has 9 heteroatoms. The van der Waals surface area contributed by atoms with Crippen LogP contribution in [0.4, 0.5) is 0 Å². The minimum absolute atomic E-state index is 0.0423. The van der Waals surface area contributed by atoms with Gasteiger partial charge in [0.15, 0.2) is 36.6 Å². The highest BCUT2D eigenvalue weighted by Crippen LogP contribution is 2.29. The molecule has 0 radical (unpaired) electrons. The summed E-state index contributed by atoms with van der Waals surface area (Å²) < 4.78 is 35.8. The molecule has 0 unspecified atom stereocenters. The van der Waals surface area contributed by atoms with E-state index < -0.39 is 11.9 Å². The first-order valence-electron chi connectivity index (χ1n) is 9.72. The van der Waals surface area contributed by atoms with E-state index in [0.29, 0.717) is 34.1 Å². The molecule has 0 heterocycles. The molecule has 9 nitrogen and oxygen atoms in total. The molecule has 176 valence electrons. The second-order valence-corrected chi connectivity index (χ2v) is 6.33. The summed E-state index contributed by atoms with van der Waals surface area (Å²) in [6.07, 6.45) is 5.25. The zero-order valence-corrected chi connectivity index (χ0v) is 18.9. The number of carbonyl (C=O) groups excluding carboxylic acids is 2. The van der Waals surface area contributed by atoms with Crippen LogP contribution in [-0.2, 0) is 23.8 Å². The van der Waals surface area contributed by atoms with Crippen molar-refractivity contribution in [3.05, 3.63) is 59.7 Å². The highest BCUT2D eigenvalue weighted by Gasteiger charge is 2.08. The van der Waals surface area contributed by atoms with Crippen LogP contribution in [0, 0.1) is 0 Å². The lowest BCUT2D eigenvalue weighted by molar-refractivity contribution is -0.152. The Hall–Kier alpha value is -3.82. The maximum atomic E-state index is 12.0. The van der Waals surface area contributed by atoms with E-state index in [0.717, 1.165) is 12.2 Å². The Balaban J connectivity index is 1.98. The van der Waals surface area contributed by atoms with Crippen LogP contribution in [-0.4, -0.2) is 54.0 Å². The molecule has 0 aliphatic carbocycles. The van der Waals surface area contributed by atoms with Gasteiger partial charge in [-0.25, -0.2) is 9.59 Å². The highest BCUT2D eigenvalue weighted by molar-refractivity contribution is 5.99. The zero-order valence-electron chi connectivity index (χ0n) is 18.9. The van der Waals surface area contributed by atoms with Crippen molar-refractivity contribution >= 4 is 24.1 Å². The van der Waals surface area contributed by atoms with Gasteiger partial charge in [0, 0.05) is 26.4 Å². The monoisotopic (exact) mass is 458 g/mol. The molecule has 0 N–H and O–H groups in total. The van der Waals surface area contributed by atoms with Gasteiger partial charge in [-0.3, -0.25) is 0 Å². The van der Waals surface area contributed by atoms with E-state index in [1.54, 1.807) is 36.4 Å². The molecule has 0 saturated heterocycles. The Bertz CT molecular complexity index is 916. The van der Waals surface area contributed by atoms with Gasteiger partial charge in [0.1, 0.15) is 0 Å². The summed E-state index contributed by atoms with van der Waals surface area (Å²) in [5.74, 6) is 0.282. The van der Waals surface area contributed by atoms with Crippen LogP contribution >= 0.6 is 0 Å². The Morgan fingerprint density at radius 1 is 0.667 bits per heavy atom. The van der Waals surface area contributed by atoms with Gasteiger partial charge in [-0.15, -0.1) is 0 Å². The number of methoxy groups -OCH3 is 4. The van der Waals surface area contributed by atoms with Gasteiger partial charge >= 0.3 is 11.9 Å². The van der Waals surface area contributed by atoms with Crippen LogP contribution in [0.15, 0.2) is 48.6 Å². The molecule has 2 rings (SSSR count). The predicted octanol–water partition coefficient (Wildman–Crippen LogP) is 3.47. The molecule has 0 atom stereocenters. The van der Waals surface area contributed by atoms with Gasteiger partial charge in [-0.2, -0.15) is 0 Å².